The first kappa shape index (κ1) is 29.8. The first-order valence-electron chi connectivity index (χ1n) is 17.1. The van der Waals surface area contributed by atoms with Crippen LogP contribution in [0.25, 0.3) is 11.1 Å². The van der Waals surface area contributed by atoms with E-state index in [1.807, 2.05) is 12.1 Å². The Morgan fingerprint density at radius 3 is 1.45 bits per heavy atom. The van der Waals surface area contributed by atoms with Gasteiger partial charge in [0.15, 0.2) is 0 Å². The highest BCUT2D eigenvalue weighted by atomic mass is 19.1. The molecular formula is C38H54F2. The van der Waals surface area contributed by atoms with Crippen LogP contribution in [-0.4, -0.2) is 0 Å². The summed E-state index contributed by atoms with van der Waals surface area (Å²) in [5.41, 5.74) is 3.02. The van der Waals surface area contributed by atoms with E-state index in [1.165, 1.54) is 103 Å². The minimum absolute atomic E-state index is 0.270. The summed E-state index contributed by atoms with van der Waals surface area (Å²) < 4.78 is 30.7. The highest BCUT2D eigenvalue weighted by Crippen LogP contribution is 2.45. The quantitative estimate of drug-likeness (QED) is 0.259. The summed E-state index contributed by atoms with van der Waals surface area (Å²) in [7, 11) is 0. The summed E-state index contributed by atoms with van der Waals surface area (Å²) in [6.07, 6.45) is 23.5. The van der Waals surface area contributed by atoms with Crippen LogP contribution >= 0.6 is 0 Å². The molecule has 2 heteroatoms. The fourth-order valence-corrected chi connectivity index (χ4v) is 8.76. The maximum Gasteiger partial charge on any atom is 0.131 e. The van der Waals surface area contributed by atoms with E-state index in [1.54, 1.807) is 12.1 Å². The molecule has 0 N–H and O–H groups in total. The largest absolute Gasteiger partial charge is 0.206 e. The zero-order chi connectivity index (χ0) is 27.9. The SMILES string of the molecule is CCCCC[C@H]1CC[C@H](c2ccc(-c3ccc([C@H]4CC[C@H]([C@H]5CC[C@H](CCC)CC5)CC4)cc3F)c(F)c2)CC1. The van der Waals surface area contributed by atoms with Gasteiger partial charge < -0.3 is 0 Å². The highest BCUT2D eigenvalue weighted by Gasteiger charge is 2.31. The van der Waals surface area contributed by atoms with Crippen molar-refractivity contribution in [2.45, 2.75) is 141 Å². The van der Waals surface area contributed by atoms with Gasteiger partial charge in [0.25, 0.3) is 0 Å². The molecule has 0 saturated heterocycles. The Kier molecular flexibility index (Phi) is 10.8. The second-order valence-electron chi connectivity index (χ2n) is 13.9. The molecule has 2 aromatic rings. The minimum atomic E-state index is -0.275. The number of unbranched alkanes of at least 4 members (excludes halogenated alkanes) is 2. The molecule has 0 radical (unpaired) electrons. The Balaban J connectivity index is 1.15. The van der Waals surface area contributed by atoms with Gasteiger partial charge in [-0.05, 0) is 123 Å². The first-order chi connectivity index (χ1) is 19.6. The molecule has 0 heterocycles. The second-order valence-corrected chi connectivity index (χ2v) is 13.9. The topological polar surface area (TPSA) is 0 Å². The van der Waals surface area contributed by atoms with Crippen molar-refractivity contribution in [2.24, 2.45) is 23.7 Å². The van der Waals surface area contributed by atoms with Crippen molar-refractivity contribution in [1.82, 2.24) is 0 Å². The molecule has 0 bridgehead atoms. The number of hydrogen-bond donors (Lipinski definition) is 0. The number of benzene rings is 2. The smallest absolute Gasteiger partial charge is 0.131 e. The summed E-state index contributed by atoms with van der Waals surface area (Å²) in [5.74, 6) is 3.95. The van der Waals surface area contributed by atoms with E-state index in [0.717, 1.165) is 47.6 Å². The minimum Gasteiger partial charge on any atom is -0.206 e. The average Bonchev–Trinajstić information content (AvgIpc) is 2.98. The van der Waals surface area contributed by atoms with Gasteiger partial charge >= 0.3 is 0 Å². The van der Waals surface area contributed by atoms with Gasteiger partial charge in [-0.25, -0.2) is 8.78 Å². The molecule has 40 heavy (non-hydrogen) atoms. The van der Waals surface area contributed by atoms with E-state index in [4.69, 9.17) is 0 Å². The molecule has 3 fully saturated rings. The fourth-order valence-electron chi connectivity index (χ4n) is 8.76. The van der Waals surface area contributed by atoms with Crippen molar-refractivity contribution < 1.29 is 8.78 Å². The molecule has 3 aliphatic rings. The zero-order valence-corrected chi connectivity index (χ0v) is 25.4. The fraction of sp³-hybridized carbons (Fsp3) is 0.684. The lowest BCUT2D eigenvalue weighted by Crippen LogP contribution is -2.25. The van der Waals surface area contributed by atoms with E-state index < -0.39 is 0 Å². The van der Waals surface area contributed by atoms with Crippen LogP contribution in [0.2, 0.25) is 0 Å². The lowest BCUT2D eigenvalue weighted by atomic mass is 9.68. The maximum absolute atomic E-state index is 15.4. The lowest BCUT2D eigenvalue weighted by molar-refractivity contribution is 0.156. The molecular weight excluding hydrogens is 494 g/mol. The third-order valence-corrected chi connectivity index (χ3v) is 11.3. The van der Waals surface area contributed by atoms with Gasteiger partial charge in [-0.15, -0.1) is 0 Å². The predicted octanol–water partition coefficient (Wildman–Crippen LogP) is 12.4. The van der Waals surface area contributed by atoms with Crippen LogP contribution in [0.3, 0.4) is 0 Å². The Bertz CT molecular complexity index is 1050. The number of hydrogen-bond acceptors (Lipinski definition) is 0. The van der Waals surface area contributed by atoms with E-state index in [2.05, 4.69) is 26.0 Å². The summed E-state index contributed by atoms with van der Waals surface area (Å²) >= 11 is 0. The molecule has 0 aromatic heterocycles. The Morgan fingerprint density at radius 2 is 0.975 bits per heavy atom. The molecule has 2 aromatic carbocycles. The van der Waals surface area contributed by atoms with Crippen LogP contribution in [-0.2, 0) is 0 Å². The summed E-state index contributed by atoms with van der Waals surface area (Å²) in [5, 5.41) is 0. The molecule has 3 saturated carbocycles. The lowest BCUT2D eigenvalue weighted by Gasteiger charge is -2.38. The van der Waals surface area contributed by atoms with Crippen molar-refractivity contribution in [2.75, 3.05) is 0 Å². The maximum atomic E-state index is 15.4. The molecule has 0 amide bonds. The standard InChI is InChI=1S/C38H54F2/c1-3-5-6-8-28-11-15-31(16-12-28)33-21-23-35(37(39)25-33)36-24-22-34(26-38(36)40)32-19-17-30(18-20-32)29-13-9-27(7-4-2)10-14-29/h21-32H,3-20H2,1-2H3/t27-,28-,29-,30-,31-,32-. The predicted molar refractivity (Wildman–Crippen MR) is 166 cm³/mol. The van der Waals surface area contributed by atoms with E-state index in [-0.39, 0.29) is 11.6 Å². The molecule has 3 aliphatic carbocycles. The summed E-state index contributed by atoms with van der Waals surface area (Å²) in [6.45, 7) is 4.58. The monoisotopic (exact) mass is 548 g/mol. The molecule has 0 spiro atoms. The second kappa shape index (κ2) is 14.5. The molecule has 5 rings (SSSR count). The Morgan fingerprint density at radius 1 is 0.525 bits per heavy atom. The highest BCUT2D eigenvalue weighted by molar-refractivity contribution is 5.66. The van der Waals surface area contributed by atoms with Crippen molar-refractivity contribution >= 4 is 0 Å². The van der Waals surface area contributed by atoms with Crippen LogP contribution in [0.5, 0.6) is 0 Å². The van der Waals surface area contributed by atoms with Gasteiger partial charge in [-0.1, -0.05) is 89.5 Å². The molecule has 220 valence electrons. The van der Waals surface area contributed by atoms with Crippen LogP contribution < -0.4 is 0 Å². The van der Waals surface area contributed by atoms with Crippen LogP contribution in [0.15, 0.2) is 36.4 Å². The number of halogens is 2. The van der Waals surface area contributed by atoms with E-state index in [0.29, 0.717) is 23.0 Å². The van der Waals surface area contributed by atoms with Gasteiger partial charge in [-0.3, -0.25) is 0 Å². The van der Waals surface area contributed by atoms with E-state index in [9.17, 15) is 0 Å². The molecule has 0 unspecified atom stereocenters. The van der Waals surface area contributed by atoms with Gasteiger partial charge in [-0.2, -0.15) is 0 Å². The van der Waals surface area contributed by atoms with Crippen LogP contribution in [0.1, 0.15) is 152 Å². The van der Waals surface area contributed by atoms with Gasteiger partial charge in [0.2, 0.25) is 0 Å². The van der Waals surface area contributed by atoms with Crippen molar-refractivity contribution in [3.63, 3.8) is 0 Å². The molecule has 0 aliphatic heterocycles. The molecule has 0 nitrogen and oxygen atoms in total. The Hall–Kier alpha value is -1.70. The summed E-state index contributed by atoms with van der Waals surface area (Å²) in [6, 6.07) is 11.2. The van der Waals surface area contributed by atoms with Gasteiger partial charge in [0, 0.05) is 11.1 Å². The third kappa shape index (κ3) is 7.38. The zero-order valence-electron chi connectivity index (χ0n) is 25.4. The normalized spacial score (nSPS) is 29.4. The number of rotatable bonds is 10. The summed E-state index contributed by atoms with van der Waals surface area (Å²) in [4.78, 5) is 0. The van der Waals surface area contributed by atoms with Crippen molar-refractivity contribution in [3.05, 3.63) is 59.2 Å². The van der Waals surface area contributed by atoms with Gasteiger partial charge in [0.1, 0.15) is 11.6 Å². The first-order valence-corrected chi connectivity index (χ1v) is 17.1. The third-order valence-electron chi connectivity index (χ3n) is 11.3. The van der Waals surface area contributed by atoms with Crippen molar-refractivity contribution in [1.29, 1.82) is 0 Å². The average molecular weight is 549 g/mol. The Labute approximate surface area is 243 Å². The molecule has 0 atom stereocenters. The van der Waals surface area contributed by atoms with E-state index >= 15 is 8.78 Å². The van der Waals surface area contributed by atoms with Gasteiger partial charge in [0.05, 0.1) is 0 Å². The van der Waals surface area contributed by atoms with Crippen LogP contribution in [0.4, 0.5) is 8.78 Å². The van der Waals surface area contributed by atoms with Crippen LogP contribution in [0, 0.1) is 35.3 Å². The van der Waals surface area contributed by atoms with Crippen molar-refractivity contribution in [3.8, 4) is 11.1 Å².